The molecule has 0 aromatic carbocycles. The molecule has 5 heteroatoms. The Bertz CT molecular complexity index is 355. The van der Waals surface area contributed by atoms with Gasteiger partial charge in [-0.25, -0.2) is 9.97 Å². The van der Waals surface area contributed by atoms with Crippen molar-refractivity contribution in [2.45, 2.75) is 32.6 Å². The summed E-state index contributed by atoms with van der Waals surface area (Å²) in [5.74, 6) is 1.70. The summed E-state index contributed by atoms with van der Waals surface area (Å²) in [5, 5.41) is 3.37. The topological polar surface area (TPSA) is 41.1 Å². The number of hydrogen-bond acceptors (Lipinski definition) is 4. The van der Waals surface area contributed by atoms with Crippen molar-refractivity contribution in [1.82, 2.24) is 14.9 Å². The molecule has 0 saturated carbocycles. The lowest BCUT2D eigenvalue weighted by molar-refractivity contribution is 0.296. The lowest BCUT2D eigenvalue weighted by Crippen LogP contribution is -2.30. The SMILES string of the molecule is Cc1nc(Br)cc(NCCN2CCCCCC2)n1. The molecule has 18 heavy (non-hydrogen) atoms. The Morgan fingerprint density at radius 3 is 2.61 bits per heavy atom. The van der Waals surface area contributed by atoms with Gasteiger partial charge < -0.3 is 10.2 Å². The van der Waals surface area contributed by atoms with E-state index in [9.17, 15) is 0 Å². The van der Waals surface area contributed by atoms with Crippen LogP contribution in [-0.4, -0.2) is 41.0 Å². The van der Waals surface area contributed by atoms with Crippen molar-refractivity contribution >= 4 is 21.7 Å². The summed E-state index contributed by atoms with van der Waals surface area (Å²) in [6.45, 7) is 6.44. The molecule has 0 bridgehead atoms. The van der Waals surface area contributed by atoms with Crippen molar-refractivity contribution in [3.8, 4) is 0 Å². The van der Waals surface area contributed by atoms with Crippen molar-refractivity contribution in [1.29, 1.82) is 0 Å². The van der Waals surface area contributed by atoms with Crippen LogP contribution in [0.15, 0.2) is 10.7 Å². The van der Waals surface area contributed by atoms with E-state index in [0.717, 1.165) is 29.3 Å². The number of hydrogen-bond donors (Lipinski definition) is 1. The number of nitrogens with one attached hydrogen (secondary N) is 1. The van der Waals surface area contributed by atoms with Gasteiger partial charge in [-0.15, -0.1) is 0 Å². The third-order valence-corrected chi connectivity index (χ3v) is 3.65. The van der Waals surface area contributed by atoms with E-state index >= 15 is 0 Å². The molecule has 1 N–H and O–H groups in total. The molecule has 1 aliphatic heterocycles. The van der Waals surface area contributed by atoms with Crippen LogP contribution in [0, 0.1) is 6.92 Å². The number of likely N-dealkylation sites (tertiary alicyclic amines) is 1. The quantitative estimate of drug-likeness (QED) is 0.868. The molecule has 1 aromatic heterocycles. The Morgan fingerprint density at radius 2 is 1.94 bits per heavy atom. The fourth-order valence-corrected chi connectivity index (χ4v) is 2.80. The van der Waals surface area contributed by atoms with E-state index in [-0.39, 0.29) is 0 Å². The van der Waals surface area contributed by atoms with Gasteiger partial charge in [0.25, 0.3) is 0 Å². The van der Waals surface area contributed by atoms with Gasteiger partial charge in [-0.05, 0) is 48.8 Å². The fraction of sp³-hybridized carbons (Fsp3) is 0.692. The van der Waals surface area contributed by atoms with Gasteiger partial charge in [-0.2, -0.15) is 0 Å². The second-order valence-electron chi connectivity index (χ2n) is 4.81. The van der Waals surface area contributed by atoms with Crippen molar-refractivity contribution in [2.75, 3.05) is 31.5 Å². The van der Waals surface area contributed by atoms with E-state index in [0.29, 0.717) is 0 Å². The molecule has 0 radical (unpaired) electrons. The molecule has 0 aliphatic carbocycles. The standard InChI is InChI=1S/C13H21BrN4/c1-11-16-12(14)10-13(17-11)15-6-9-18-7-4-2-3-5-8-18/h10H,2-9H2,1H3,(H,15,16,17). The second kappa shape index (κ2) is 7.04. The minimum absolute atomic E-state index is 0.793. The van der Waals surface area contributed by atoms with E-state index in [1.807, 2.05) is 13.0 Å². The van der Waals surface area contributed by atoms with E-state index in [4.69, 9.17) is 0 Å². The van der Waals surface area contributed by atoms with Crippen molar-refractivity contribution < 1.29 is 0 Å². The van der Waals surface area contributed by atoms with E-state index in [1.165, 1.54) is 38.8 Å². The van der Waals surface area contributed by atoms with Crippen LogP contribution in [0.3, 0.4) is 0 Å². The van der Waals surface area contributed by atoms with Crippen LogP contribution in [0.25, 0.3) is 0 Å². The maximum absolute atomic E-state index is 4.36. The Hall–Kier alpha value is -0.680. The highest BCUT2D eigenvalue weighted by molar-refractivity contribution is 9.10. The van der Waals surface area contributed by atoms with Crippen LogP contribution in [-0.2, 0) is 0 Å². The molecule has 2 heterocycles. The minimum atomic E-state index is 0.793. The smallest absolute Gasteiger partial charge is 0.130 e. The molecule has 0 unspecified atom stereocenters. The monoisotopic (exact) mass is 312 g/mol. The first-order chi connectivity index (χ1) is 8.74. The maximum Gasteiger partial charge on any atom is 0.130 e. The van der Waals surface area contributed by atoms with Crippen LogP contribution in [0.2, 0.25) is 0 Å². The fourth-order valence-electron chi connectivity index (χ4n) is 2.32. The molecule has 0 spiro atoms. The summed E-state index contributed by atoms with van der Waals surface area (Å²) in [7, 11) is 0. The molecule has 4 nitrogen and oxygen atoms in total. The van der Waals surface area contributed by atoms with Gasteiger partial charge in [0.05, 0.1) is 0 Å². The predicted molar refractivity (Wildman–Crippen MR) is 77.9 cm³/mol. The summed E-state index contributed by atoms with van der Waals surface area (Å²) >= 11 is 3.39. The molecule has 0 amide bonds. The first-order valence-electron chi connectivity index (χ1n) is 6.71. The van der Waals surface area contributed by atoms with Crippen LogP contribution >= 0.6 is 15.9 Å². The highest BCUT2D eigenvalue weighted by Crippen LogP contribution is 2.12. The van der Waals surface area contributed by atoms with Crippen LogP contribution in [0.5, 0.6) is 0 Å². The van der Waals surface area contributed by atoms with Gasteiger partial charge in [0.1, 0.15) is 16.2 Å². The largest absolute Gasteiger partial charge is 0.369 e. The highest BCUT2D eigenvalue weighted by Gasteiger charge is 2.08. The molecule has 100 valence electrons. The Labute approximate surface area is 117 Å². The Balaban J connectivity index is 1.77. The van der Waals surface area contributed by atoms with E-state index in [1.54, 1.807) is 0 Å². The Kier molecular flexibility index (Phi) is 5.38. The predicted octanol–water partition coefficient (Wildman–Crippen LogP) is 2.84. The van der Waals surface area contributed by atoms with Crippen LogP contribution in [0.1, 0.15) is 31.5 Å². The molecule has 1 aliphatic rings. The lowest BCUT2D eigenvalue weighted by Gasteiger charge is -2.19. The zero-order valence-electron chi connectivity index (χ0n) is 11.0. The lowest BCUT2D eigenvalue weighted by atomic mass is 10.2. The molecule has 2 rings (SSSR count). The summed E-state index contributed by atoms with van der Waals surface area (Å²) in [4.78, 5) is 11.1. The van der Waals surface area contributed by atoms with Gasteiger partial charge in [0.2, 0.25) is 0 Å². The number of nitrogens with zero attached hydrogens (tertiary/aromatic N) is 3. The highest BCUT2D eigenvalue weighted by atomic mass is 79.9. The normalized spacial score (nSPS) is 17.4. The van der Waals surface area contributed by atoms with Gasteiger partial charge in [0, 0.05) is 19.2 Å². The third kappa shape index (κ3) is 4.53. The van der Waals surface area contributed by atoms with Crippen molar-refractivity contribution in [2.24, 2.45) is 0 Å². The molecular formula is C13H21BrN4. The molecule has 1 saturated heterocycles. The summed E-state index contributed by atoms with van der Waals surface area (Å²) in [6.07, 6.45) is 5.47. The van der Waals surface area contributed by atoms with Crippen molar-refractivity contribution in [3.63, 3.8) is 0 Å². The van der Waals surface area contributed by atoms with Gasteiger partial charge >= 0.3 is 0 Å². The number of aryl methyl sites for hydroxylation is 1. The average molecular weight is 313 g/mol. The van der Waals surface area contributed by atoms with Crippen molar-refractivity contribution in [3.05, 3.63) is 16.5 Å². The third-order valence-electron chi connectivity index (χ3n) is 3.24. The Morgan fingerprint density at radius 1 is 1.22 bits per heavy atom. The van der Waals surface area contributed by atoms with Gasteiger partial charge in [-0.1, -0.05) is 12.8 Å². The maximum atomic E-state index is 4.36. The summed E-state index contributed by atoms with van der Waals surface area (Å²) < 4.78 is 0.840. The average Bonchev–Trinajstić information content (AvgIpc) is 2.56. The molecule has 0 atom stereocenters. The number of rotatable bonds is 4. The zero-order chi connectivity index (χ0) is 12.8. The minimum Gasteiger partial charge on any atom is -0.369 e. The second-order valence-corrected chi connectivity index (χ2v) is 5.62. The van der Waals surface area contributed by atoms with Gasteiger partial charge in [-0.3, -0.25) is 0 Å². The van der Waals surface area contributed by atoms with Crippen LogP contribution < -0.4 is 5.32 Å². The summed E-state index contributed by atoms with van der Waals surface area (Å²) in [5.41, 5.74) is 0. The number of anilines is 1. The van der Waals surface area contributed by atoms with Gasteiger partial charge in [0.15, 0.2) is 0 Å². The van der Waals surface area contributed by atoms with E-state index < -0.39 is 0 Å². The molecule has 1 aromatic rings. The number of aromatic nitrogens is 2. The molecule has 1 fully saturated rings. The van der Waals surface area contributed by atoms with Crippen LogP contribution in [0.4, 0.5) is 5.82 Å². The number of halogens is 1. The zero-order valence-corrected chi connectivity index (χ0v) is 12.5. The first kappa shape index (κ1) is 13.7. The molecular weight excluding hydrogens is 292 g/mol. The van der Waals surface area contributed by atoms with E-state index in [2.05, 4.69) is 36.1 Å². The first-order valence-corrected chi connectivity index (χ1v) is 7.51. The summed E-state index contributed by atoms with van der Waals surface area (Å²) in [6, 6.07) is 1.93.